The van der Waals surface area contributed by atoms with Crippen LogP contribution in [0.2, 0.25) is 0 Å². The summed E-state index contributed by atoms with van der Waals surface area (Å²) >= 11 is 0. The van der Waals surface area contributed by atoms with E-state index < -0.39 is 11.8 Å². The minimum Gasteiger partial charge on any atom is -0.507 e. The number of ether oxygens (including phenoxy) is 1. The van der Waals surface area contributed by atoms with Gasteiger partial charge >= 0.3 is 5.97 Å². The van der Waals surface area contributed by atoms with Gasteiger partial charge in [-0.05, 0) is 29.8 Å². The average Bonchev–Trinajstić information content (AvgIpc) is 2.36. The predicted molar refractivity (Wildman–Crippen MR) is 65.8 cm³/mol. The molecule has 0 aromatic heterocycles. The first-order valence-electron chi connectivity index (χ1n) is 5.50. The maximum Gasteiger partial charge on any atom is 0.339 e. The van der Waals surface area contributed by atoms with E-state index in [1.165, 1.54) is 36.4 Å². The lowest BCUT2D eigenvalue weighted by atomic mass is 10.1. The van der Waals surface area contributed by atoms with Gasteiger partial charge in [0.05, 0.1) is 0 Å². The number of hydrogen-bond acceptors (Lipinski definition) is 3. The topological polar surface area (TPSA) is 66.8 Å². The van der Waals surface area contributed by atoms with Gasteiger partial charge in [0.25, 0.3) is 0 Å². The second-order valence-electron chi connectivity index (χ2n) is 3.90. The maximum atomic E-state index is 12.9. The molecule has 0 aliphatic carbocycles. The molecule has 0 spiro atoms. The third-order valence-corrected chi connectivity index (χ3v) is 2.49. The van der Waals surface area contributed by atoms with Crippen molar-refractivity contribution in [3.8, 4) is 11.5 Å². The number of rotatable bonds is 4. The lowest BCUT2D eigenvalue weighted by Gasteiger charge is -2.07. The number of benzene rings is 2. The van der Waals surface area contributed by atoms with Crippen LogP contribution in [0.1, 0.15) is 15.9 Å². The largest absolute Gasteiger partial charge is 0.507 e. The summed E-state index contributed by atoms with van der Waals surface area (Å²) in [6, 6.07) is 9.81. The van der Waals surface area contributed by atoms with E-state index >= 15 is 0 Å². The van der Waals surface area contributed by atoms with Gasteiger partial charge in [-0.2, -0.15) is 0 Å². The Bertz CT molecular complexity index is 610. The van der Waals surface area contributed by atoms with Crippen molar-refractivity contribution in [1.82, 2.24) is 0 Å². The summed E-state index contributed by atoms with van der Waals surface area (Å²) in [5.41, 5.74) is 0.418. The summed E-state index contributed by atoms with van der Waals surface area (Å²) in [6.07, 6.45) is 0. The summed E-state index contributed by atoms with van der Waals surface area (Å²) in [4.78, 5) is 10.7. The molecule has 0 bridgehead atoms. The van der Waals surface area contributed by atoms with E-state index in [-0.39, 0.29) is 17.9 Å². The first-order valence-corrected chi connectivity index (χ1v) is 5.50. The summed E-state index contributed by atoms with van der Waals surface area (Å²) in [7, 11) is 0. The molecule has 0 radical (unpaired) electrons. The third kappa shape index (κ3) is 3.22. The number of aromatic carboxylic acids is 1. The van der Waals surface area contributed by atoms with Gasteiger partial charge in [-0.25, -0.2) is 9.18 Å². The molecular formula is C14H11FO4. The highest BCUT2D eigenvalue weighted by molar-refractivity contribution is 5.90. The highest BCUT2D eigenvalue weighted by atomic mass is 19.1. The van der Waals surface area contributed by atoms with Crippen molar-refractivity contribution in [3.05, 3.63) is 59.4 Å². The van der Waals surface area contributed by atoms with Gasteiger partial charge in [-0.3, -0.25) is 0 Å². The lowest BCUT2D eigenvalue weighted by Crippen LogP contribution is -2.00. The highest BCUT2D eigenvalue weighted by Crippen LogP contribution is 2.20. The minimum absolute atomic E-state index is 0.108. The molecule has 0 saturated heterocycles. The molecule has 0 saturated carbocycles. The minimum atomic E-state index is -1.20. The Morgan fingerprint density at radius 2 is 2.00 bits per heavy atom. The zero-order chi connectivity index (χ0) is 13.8. The van der Waals surface area contributed by atoms with E-state index in [1.54, 1.807) is 6.07 Å². The molecule has 2 rings (SSSR count). The molecule has 19 heavy (non-hydrogen) atoms. The van der Waals surface area contributed by atoms with Crippen LogP contribution in [-0.2, 0) is 6.61 Å². The molecular weight excluding hydrogens is 251 g/mol. The van der Waals surface area contributed by atoms with Crippen LogP contribution in [0.25, 0.3) is 0 Å². The van der Waals surface area contributed by atoms with Crippen LogP contribution in [0.15, 0.2) is 42.5 Å². The molecule has 0 heterocycles. The van der Waals surface area contributed by atoms with Gasteiger partial charge < -0.3 is 14.9 Å². The van der Waals surface area contributed by atoms with Gasteiger partial charge in [0.2, 0.25) is 0 Å². The van der Waals surface area contributed by atoms with Crippen molar-refractivity contribution in [3.63, 3.8) is 0 Å². The predicted octanol–water partition coefficient (Wildman–Crippen LogP) is 2.81. The molecule has 0 amide bonds. The van der Waals surface area contributed by atoms with Crippen molar-refractivity contribution < 1.29 is 24.1 Å². The average molecular weight is 262 g/mol. The van der Waals surface area contributed by atoms with E-state index in [0.29, 0.717) is 11.3 Å². The van der Waals surface area contributed by atoms with Crippen molar-refractivity contribution in [2.45, 2.75) is 6.61 Å². The molecule has 2 aromatic carbocycles. The zero-order valence-electron chi connectivity index (χ0n) is 9.84. The van der Waals surface area contributed by atoms with E-state index in [1.807, 2.05) is 0 Å². The second-order valence-corrected chi connectivity index (χ2v) is 3.90. The van der Waals surface area contributed by atoms with E-state index in [2.05, 4.69) is 0 Å². The first-order chi connectivity index (χ1) is 9.06. The lowest BCUT2D eigenvalue weighted by molar-refractivity contribution is 0.0693. The summed E-state index contributed by atoms with van der Waals surface area (Å²) in [6.45, 7) is 0.108. The van der Waals surface area contributed by atoms with E-state index in [0.717, 1.165) is 0 Å². The molecule has 98 valence electrons. The summed E-state index contributed by atoms with van der Waals surface area (Å²) in [5, 5.41) is 18.3. The van der Waals surface area contributed by atoms with E-state index in [9.17, 15) is 14.3 Å². The Hall–Kier alpha value is -2.56. The molecule has 2 aromatic rings. The number of carbonyl (C=O) groups is 1. The Balaban J connectivity index is 2.08. The van der Waals surface area contributed by atoms with Crippen LogP contribution in [0.5, 0.6) is 11.5 Å². The van der Waals surface area contributed by atoms with Crippen LogP contribution in [-0.4, -0.2) is 16.2 Å². The van der Waals surface area contributed by atoms with Crippen molar-refractivity contribution in [2.75, 3.05) is 0 Å². The molecule has 0 atom stereocenters. The molecule has 2 N–H and O–H groups in total. The molecule has 0 aliphatic rings. The third-order valence-electron chi connectivity index (χ3n) is 2.49. The SMILES string of the molecule is O=C(O)c1ccc(COc2cccc(F)c2)cc1O. The van der Waals surface area contributed by atoms with E-state index in [4.69, 9.17) is 9.84 Å². The van der Waals surface area contributed by atoms with Gasteiger partial charge in [0, 0.05) is 6.07 Å². The van der Waals surface area contributed by atoms with Crippen LogP contribution in [0.3, 0.4) is 0 Å². The fraction of sp³-hybridized carbons (Fsp3) is 0.0714. The fourth-order valence-electron chi connectivity index (χ4n) is 1.57. The number of carboxylic acid groups (broad SMARTS) is 1. The molecule has 4 nitrogen and oxygen atoms in total. The van der Waals surface area contributed by atoms with Crippen LogP contribution in [0, 0.1) is 5.82 Å². The standard InChI is InChI=1S/C14H11FO4/c15-10-2-1-3-11(7-10)19-8-9-4-5-12(14(17)18)13(16)6-9/h1-7,16H,8H2,(H,17,18). The quantitative estimate of drug-likeness (QED) is 0.889. The van der Waals surface area contributed by atoms with Crippen molar-refractivity contribution in [2.24, 2.45) is 0 Å². The van der Waals surface area contributed by atoms with Gasteiger partial charge in [-0.1, -0.05) is 12.1 Å². The first kappa shape index (κ1) is 12.9. The number of carboxylic acids is 1. The Kier molecular flexibility index (Phi) is 3.66. The summed E-state index contributed by atoms with van der Waals surface area (Å²) in [5.74, 6) is -1.56. The smallest absolute Gasteiger partial charge is 0.339 e. The number of aromatic hydroxyl groups is 1. The van der Waals surface area contributed by atoms with Gasteiger partial charge in [0.1, 0.15) is 29.5 Å². The van der Waals surface area contributed by atoms with Crippen molar-refractivity contribution in [1.29, 1.82) is 0 Å². The van der Waals surface area contributed by atoms with Crippen LogP contribution < -0.4 is 4.74 Å². The molecule has 5 heteroatoms. The maximum absolute atomic E-state index is 12.9. The molecule has 0 aliphatic heterocycles. The monoisotopic (exact) mass is 262 g/mol. The zero-order valence-corrected chi connectivity index (χ0v) is 9.84. The van der Waals surface area contributed by atoms with Crippen LogP contribution in [0.4, 0.5) is 4.39 Å². The summed E-state index contributed by atoms with van der Waals surface area (Å²) < 4.78 is 18.2. The Morgan fingerprint density at radius 3 is 2.63 bits per heavy atom. The highest BCUT2D eigenvalue weighted by Gasteiger charge is 2.09. The second kappa shape index (κ2) is 5.39. The Labute approximate surface area is 108 Å². The number of phenols is 1. The van der Waals surface area contributed by atoms with Gasteiger partial charge in [0.15, 0.2) is 0 Å². The van der Waals surface area contributed by atoms with Crippen LogP contribution >= 0.6 is 0 Å². The number of halogens is 1. The number of hydrogen-bond donors (Lipinski definition) is 2. The molecule has 0 unspecified atom stereocenters. The van der Waals surface area contributed by atoms with Gasteiger partial charge in [-0.15, -0.1) is 0 Å². The normalized spacial score (nSPS) is 10.2. The Morgan fingerprint density at radius 1 is 1.21 bits per heavy atom. The molecule has 0 fully saturated rings. The fourth-order valence-corrected chi connectivity index (χ4v) is 1.57. The van der Waals surface area contributed by atoms with Crippen molar-refractivity contribution >= 4 is 5.97 Å².